The number of anilines is 1. The monoisotopic (exact) mass is 458 g/mol. The highest BCUT2D eigenvalue weighted by atomic mass is 35.5. The second-order valence-corrected chi connectivity index (χ2v) is 8.37. The molecule has 0 aliphatic carbocycles. The molecule has 168 valence electrons. The molecule has 2 heterocycles. The van der Waals surface area contributed by atoms with Crippen molar-refractivity contribution in [2.24, 2.45) is 0 Å². The maximum Gasteiger partial charge on any atom is 0.305 e. The Balaban J connectivity index is 1.53. The van der Waals surface area contributed by atoms with Crippen LogP contribution in [0.2, 0.25) is 5.02 Å². The number of amides is 2. The molecule has 2 aromatic carbocycles. The summed E-state index contributed by atoms with van der Waals surface area (Å²) in [7, 11) is 1.70. The molecule has 1 fully saturated rings. The minimum atomic E-state index is -0.914. The molecule has 0 bridgehead atoms. The number of hydrogen-bond acceptors (Lipinski definition) is 5. The lowest BCUT2D eigenvalue weighted by Crippen LogP contribution is -2.53. The topological polar surface area (TPSA) is 105 Å². The number of fused-ring (bicyclic) bond motifs is 2. The van der Waals surface area contributed by atoms with Gasteiger partial charge in [-0.25, -0.2) is 0 Å². The van der Waals surface area contributed by atoms with Gasteiger partial charge in [0.15, 0.2) is 0 Å². The Morgan fingerprint density at radius 3 is 2.66 bits per heavy atom. The van der Waals surface area contributed by atoms with Crippen LogP contribution in [0, 0.1) is 0 Å². The molecule has 0 radical (unpaired) electrons. The number of nitrogens with one attached hydrogen (secondary N) is 1. The average Bonchev–Trinajstić information content (AvgIpc) is 2.76. The van der Waals surface area contributed by atoms with Crippen LogP contribution in [0.4, 0.5) is 5.69 Å². The molecule has 0 spiro atoms. The van der Waals surface area contributed by atoms with Crippen molar-refractivity contribution >= 4 is 35.1 Å². The third kappa shape index (κ3) is 4.71. The summed E-state index contributed by atoms with van der Waals surface area (Å²) in [5.41, 5.74) is 1.25. The number of hydrogen-bond donors (Lipinski definition) is 2. The first-order chi connectivity index (χ1) is 15.3. The molecule has 2 aliphatic heterocycles. The van der Waals surface area contributed by atoms with E-state index in [0.29, 0.717) is 40.4 Å². The van der Waals surface area contributed by atoms with Gasteiger partial charge in [-0.1, -0.05) is 11.6 Å². The molecular weight excluding hydrogens is 436 g/mol. The van der Waals surface area contributed by atoms with Gasteiger partial charge in [-0.15, -0.1) is 0 Å². The first-order valence-corrected chi connectivity index (χ1v) is 10.7. The van der Waals surface area contributed by atoms with Crippen molar-refractivity contribution < 1.29 is 29.0 Å². The largest absolute Gasteiger partial charge is 0.490 e. The van der Waals surface area contributed by atoms with E-state index in [9.17, 15) is 14.4 Å². The predicted octanol–water partition coefficient (Wildman–Crippen LogP) is 3.45. The lowest BCUT2D eigenvalue weighted by Gasteiger charge is -2.42. The van der Waals surface area contributed by atoms with Gasteiger partial charge in [0, 0.05) is 23.3 Å². The van der Waals surface area contributed by atoms with Crippen molar-refractivity contribution in [3.63, 3.8) is 0 Å². The highest BCUT2D eigenvalue weighted by Crippen LogP contribution is 2.32. The number of halogens is 1. The van der Waals surface area contributed by atoms with Crippen LogP contribution in [0.15, 0.2) is 42.5 Å². The van der Waals surface area contributed by atoms with E-state index < -0.39 is 18.2 Å². The molecule has 0 aromatic heterocycles. The number of carboxylic acid groups (broad SMARTS) is 1. The fourth-order valence-electron chi connectivity index (χ4n) is 4.10. The van der Waals surface area contributed by atoms with Gasteiger partial charge in [-0.3, -0.25) is 14.4 Å². The second kappa shape index (κ2) is 9.18. The standard InChI is InChI=1S/C23H23ClN2O6/c1-26-18-8-7-16(11-21(27)28)32-20(18)12-31-19-9-6-15(10-17(19)23(26)30)25-22(29)13-2-4-14(24)5-3-13/h2-6,9-10,16,18,20H,7-8,11-12H2,1H3,(H,25,29)(H,27,28)/t16-,18+,20+/m1/s1. The number of likely N-dealkylation sites (N-methyl/N-ethyl adjacent to an activating group) is 1. The summed E-state index contributed by atoms with van der Waals surface area (Å²) >= 11 is 5.87. The van der Waals surface area contributed by atoms with Crippen molar-refractivity contribution in [3.05, 3.63) is 58.6 Å². The first-order valence-electron chi connectivity index (χ1n) is 10.3. The summed E-state index contributed by atoms with van der Waals surface area (Å²) in [5.74, 6) is -1.10. The van der Waals surface area contributed by atoms with Crippen molar-refractivity contribution in [2.45, 2.75) is 37.5 Å². The number of nitrogens with zero attached hydrogens (tertiary/aromatic N) is 1. The van der Waals surface area contributed by atoms with Gasteiger partial charge >= 0.3 is 5.97 Å². The molecule has 9 heteroatoms. The van der Waals surface area contributed by atoms with Crippen LogP contribution in [0.5, 0.6) is 5.75 Å². The normalized spacial score (nSPS) is 22.6. The van der Waals surface area contributed by atoms with E-state index >= 15 is 0 Å². The minimum absolute atomic E-state index is 0.0753. The van der Waals surface area contributed by atoms with Gasteiger partial charge in [0.2, 0.25) is 0 Å². The molecule has 2 aromatic rings. The van der Waals surface area contributed by atoms with E-state index in [2.05, 4.69) is 5.32 Å². The van der Waals surface area contributed by atoms with Gasteiger partial charge in [-0.05, 0) is 55.3 Å². The Kier molecular flexibility index (Phi) is 6.34. The molecule has 4 rings (SSSR count). The second-order valence-electron chi connectivity index (χ2n) is 7.94. The van der Waals surface area contributed by atoms with Crippen molar-refractivity contribution in [3.8, 4) is 5.75 Å². The summed E-state index contributed by atoms with van der Waals surface area (Å²) in [6, 6.07) is 11.2. The molecule has 2 N–H and O–H groups in total. The van der Waals surface area contributed by atoms with E-state index in [-0.39, 0.29) is 30.9 Å². The third-order valence-electron chi connectivity index (χ3n) is 5.78. The highest BCUT2D eigenvalue weighted by Gasteiger charge is 2.39. The summed E-state index contributed by atoms with van der Waals surface area (Å²) in [5, 5.41) is 12.4. The van der Waals surface area contributed by atoms with Crippen molar-refractivity contribution in [1.82, 2.24) is 4.90 Å². The van der Waals surface area contributed by atoms with Crippen LogP contribution >= 0.6 is 11.6 Å². The maximum atomic E-state index is 13.2. The fraction of sp³-hybridized carbons (Fsp3) is 0.348. The molecular formula is C23H23ClN2O6. The number of benzene rings is 2. The lowest BCUT2D eigenvalue weighted by atomic mass is 9.94. The zero-order chi connectivity index (χ0) is 22.8. The first kappa shape index (κ1) is 22.1. The van der Waals surface area contributed by atoms with E-state index in [1.807, 2.05) is 0 Å². The minimum Gasteiger partial charge on any atom is -0.490 e. The molecule has 0 unspecified atom stereocenters. The predicted molar refractivity (Wildman–Crippen MR) is 117 cm³/mol. The number of carbonyl (C=O) groups excluding carboxylic acids is 2. The number of rotatable bonds is 4. The van der Waals surface area contributed by atoms with Crippen molar-refractivity contribution in [1.29, 1.82) is 0 Å². The van der Waals surface area contributed by atoms with Gasteiger partial charge in [0.1, 0.15) is 18.5 Å². The Morgan fingerprint density at radius 1 is 1.19 bits per heavy atom. The molecule has 1 saturated heterocycles. The Bertz CT molecular complexity index is 1040. The molecule has 8 nitrogen and oxygen atoms in total. The highest BCUT2D eigenvalue weighted by molar-refractivity contribution is 6.30. The molecule has 32 heavy (non-hydrogen) atoms. The van der Waals surface area contributed by atoms with E-state index in [4.69, 9.17) is 26.2 Å². The van der Waals surface area contributed by atoms with Gasteiger partial charge in [0.05, 0.1) is 24.1 Å². The summed E-state index contributed by atoms with van der Waals surface area (Å²) in [6.07, 6.45) is 0.282. The zero-order valence-corrected chi connectivity index (χ0v) is 18.2. The summed E-state index contributed by atoms with van der Waals surface area (Å²) in [4.78, 5) is 38.4. The average molecular weight is 459 g/mol. The Hall–Kier alpha value is -3.10. The SMILES string of the molecule is CN1C(=O)c2cc(NC(=O)c3ccc(Cl)cc3)ccc2OC[C@@H]2O[C@@H](CC(=O)O)CC[C@@H]21. The van der Waals surface area contributed by atoms with E-state index in [0.717, 1.165) is 0 Å². The Morgan fingerprint density at radius 2 is 1.94 bits per heavy atom. The van der Waals surface area contributed by atoms with Gasteiger partial charge in [0.25, 0.3) is 11.8 Å². The lowest BCUT2D eigenvalue weighted by molar-refractivity contribution is -0.148. The molecule has 0 saturated carbocycles. The fourth-order valence-corrected chi connectivity index (χ4v) is 4.23. The van der Waals surface area contributed by atoms with Crippen LogP contribution in [-0.2, 0) is 9.53 Å². The van der Waals surface area contributed by atoms with Crippen LogP contribution in [-0.4, -0.2) is 59.7 Å². The molecule has 3 atom stereocenters. The third-order valence-corrected chi connectivity index (χ3v) is 6.03. The Labute approximate surface area is 190 Å². The molecule has 2 aliphatic rings. The van der Waals surface area contributed by atoms with Crippen LogP contribution in [0.25, 0.3) is 0 Å². The van der Waals surface area contributed by atoms with E-state index in [1.54, 1.807) is 54.4 Å². The van der Waals surface area contributed by atoms with Gasteiger partial charge < -0.3 is 24.8 Å². The molecule has 2 amide bonds. The quantitative estimate of drug-likeness (QED) is 0.727. The van der Waals surface area contributed by atoms with Gasteiger partial charge in [-0.2, -0.15) is 0 Å². The van der Waals surface area contributed by atoms with Crippen LogP contribution < -0.4 is 10.1 Å². The zero-order valence-electron chi connectivity index (χ0n) is 17.4. The number of aliphatic carboxylic acids is 1. The smallest absolute Gasteiger partial charge is 0.305 e. The van der Waals surface area contributed by atoms with E-state index in [1.165, 1.54) is 0 Å². The maximum absolute atomic E-state index is 13.2. The van der Waals surface area contributed by atoms with Crippen LogP contribution in [0.1, 0.15) is 40.0 Å². The number of carboxylic acids is 1. The summed E-state index contributed by atoms with van der Waals surface area (Å²) < 4.78 is 11.8. The number of carbonyl (C=O) groups is 3. The van der Waals surface area contributed by atoms with Crippen molar-refractivity contribution in [2.75, 3.05) is 19.0 Å². The van der Waals surface area contributed by atoms with Crippen LogP contribution in [0.3, 0.4) is 0 Å². The summed E-state index contributed by atoms with van der Waals surface area (Å²) in [6.45, 7) is 0.196. The number of ether oxygens (including phenoxy) is 2.